The quantitative estimate of drug-likeness (QED) is 0.145. The van der Waals surface area contributed by atoms with Gasteiger partial charge in [-0.25, -0.2) is 0 Å². The molecule has 0 saturated heterocycles. The summed E-state index contributed by atoms with van der Waals surface area (Å²) in [6.45, 7) is 0. The number of aromatic nitrogens is 1. The van der Waals surface area contributed by atoms with E-state index in [4.69, 9.17) is 0 Å². The van der Waals surface area contributed by atoms with Crippen LogP contribution in [0.5, 0.6) is 0 Å². The average molecular weight is 895 g/mol. The fourth-order valence-corrected chi connectivity index (χ4v) is 12.1. The molecule has 0 radical (unpaired) electrons. The molecule has 3 heteroatoms. The number of anilines is 3. The van der Waals surface area contributed by atoms with Crippen LogP contribution < -0.4 is 4.90 Å². The average Bonchev–Trinajstić information content (AvgIpc) is 3.97. The van der Waals surface area contributed by atoms with E-state index < -0.39 is 0 Å². The van der Waals surface area contributed by atoms with Crippen molar-refractivity contribution in [3.63, 3.8) is 0 Å². The maximum absolute atomic E-state index is 2.42. The predicted molar refractivity (Wildman–Crippen MR) is 297 cm³/mol. The largest absolute Gasteiger partial charge is 0.311 e. The van der Waals surface area contributed by atoms with Gasteiger partial charge in [0.15, 0.2) is 0 Å². The van der Waals surface area contributed by atoms with Crippen LogP contribution in [0.2, 0.25) is 0 Å². The summed E-state index contributed by atoms with van der Waals surface area (Å²) in [7, 11) is 0. The topological polar surface area (TPSA) is 8.17 Å². The van der Waals surface area contributed by atoms with Crippen LogP contribution in [-0.4, -0.2) is 4.57 Å². The lowest BCUT2D eigenvalue weighted by Gasteiger charge is -2.26. The zero-order chi connectivity index (χ0) is 45.4. The van der Waals surface area contributed by atoms with E-state index in [2.05, 4.69) is 264 Å². The number of fused-ring (bicyclic) bond motifs is 11. The van der Waals surface area contributed by atoms with Crippen LogP contribution in [-0.2, 0) is 0 Å². The van der Waals surface area contributed by atoms with Gasteiger partial charge >= 0.3 is 0 Å². The maximum atomic E-state index is 2.42. The van der Waals surface area contributed by atoms with Gasteiger partial charge in [0.1, 0.15) is 0 Å². The van der Waals surface area contributed by atoms with Gasteiger partial charge in [0.25, 0.3) is 0 Å². The molecule has 0 bridgehead atoms. The zero-order valence-electron chi connectivity index (χ0n) is 37.6. The minimum absolute atomic E-state index is 1.09. The smallest absolute Gasteiger partial charge is 0.0541 e. The predicted octanol–water partition coefficient (Wildman–Crippen LogP) is 19.1. The van der Waals surface area contributed by atoms with Crippen LogP contribution in [0.4, 0.5) is 17.1 Å². The van der Waals surface area contributed by atoms with Gasteiger partial charge < -0.3 is 9.47 Å². The van der Waals surface area contributed by atoms with Crippen LogP contribution >= 0.6 is 11.3 Å². The van der Waals surface area contributed by atoms with E-state index >= 15 is 0 Å². The van der Waals surface area contributed by atoms with Crippen molar-refractivity contribution in [3.8, 4) is 39.1 Å². The van der Waals surface area contributed by atoms with Crippen molar-refractivity contribution in [1.82, 2.24) is 4.57 Å². The number of para-hydroxylation sites is 3. The Morgan fingerprint density at radius 3 is 1.41 bits per heavy atom. The highest BCUT2D eigenvalue weighted by molar-refractivity contribution is 7.26. The Bertz CT molecular complexity index is 4240. The first kappa shape index (κ1) is 39.4. The molecule has 0 spiro atoms. The molecule has 0 saturated carbocycles. The Morgan fingerprint density at radius 2 is 0.739 bits per heavy atom. The monoisotopic (exact) mass is 894 g/mol. The fourth-order valence-electron chi connectivity index (χ4n) is 10.8. The van der Waals surface area contributed by atoms with Gasteiger partial charge in [0.2, 0.25) is 0 Å². The molecule has 0 aliphatic rings. The van der Waals surface area contributed by atoms with Crippen LogP contribution in [0.25, 0.3) is 113 Å². The van der Waals surface area contributed by atoms with Gasteiger partial charge in [-0.1, -0.05) is 188 Å². The van der Waals surface area contributed by atoms with Crippen LogP contribution in [0.1, 0.15) is 0 Å². The molecule has 14 rings (SSSR count). The second-order valence-corrected chi connectivity index (χ2v) is 19.1. The summed E-state index contributed by atoms with van der Waals surface area (Å²) >= 11 is 1.89. The molecule has 69 heavy (non-hydrogen) atoms. The van der Waals surface area contributed by atoms with E-state index in [0.29, 0.717) is 0 Å². The zero-order valence-corrected chi connectivity index (χ0v) is 38.4. The van der Waals surface area contributed by atoms with E-state index in [1.54, 1.807) is 0 Å². The van der Waals surface area contributed by atoms with Crippen molar-refractivity contribution in [2.24, 2.45) is 0 Å². The van der Waals surface area contributed by atoms with Crippen molar-refractivity contribution in [1.29, 1.82) is 0 Å². The molecule has 0 N–H and O–H groups in total. The van der Waals surface area contributed by atoms with Gasteiger partial charge in [0.05, 0.1) is 16.7 Å². The summed E-state index contributed by atoms with van der Waals surface area (Å²) < 4.78 is 5.08. The van der Waals surface area contributed by atoms with E-state index in [9.17, 15) is 0 Å². The number of hydrogen-bond acceptors (Lipinski definition) is 2. The SMILES string of the molecule is c1ccc(-n2c3ccccc3c3ccccc32)c(-c2ccc(N(c3ccc(-c4ccc5c(c4)sc4c6ccccc6ccc54)cc3)c3ccc(-c4ccc5ccc6ccccc6c5c4)cc3)cc2)c1. The van der Waals surface area contributed by atoms with Crippen LogP contribution in [0.3, 0.4) is 0 Å². The summed E-state index contributed by atoms with van der Waals surface area (Å²) in [6, 6.07) is 93.7. The van der Waals surface area contributed by atoms with E-state index in [0.717, 1.165) is 28.3 Å². The van der Waals surface area contributed by atoms with Crippen LogP contribution in [0.15, 0.2) is 255 Å². The van der Waals surface area contributed by atoms with Crippen molar-refractivity contribution in [2.45, 2.75) is 0 Å². The Labute approximate surface area is 403 Å². The molecule has 2 aromatic heterocycles. The molecule has 14 aromatic rings. The Balaban J connectivity index is 0.855. The molecule has 2 heterocycles. The number of nitrogens with zero attached hydrogens (tertiary/aromatic N) is 2. The molecule has 2 nitrogen and oxygen atoms in total. The van der Waals surface area contributed by atoms with Gasteiger partial charge in [-0.2, -0.15) is 0 Å². The molecule has 0 atom stereocenters. The number of thiophene rings is 1. The lowest BCUT2D eigenvalue weighted by molar-refractivity contribution is 1.18. The normalized spacial score (nSPS) is 11.8. The first-order valence-corrected chi connectivity index (χ1v) is 24.5. The van der Waals surface area contributed by atoms with Gasteiger partial charge in [-0.3, -0.25) is 0 Å². The Morgan fingerprint density at radius 1 is 0.290 bits per heavy atom. The Hall–Kier alpha value is -8.76. The molecule has 12 aromatic carbocycles. The first-order chi connectivity index (χ1) is 34.2. The molecule has 0 amide bonds. The van der Waals surface area contributed by atoms with Gasteiger partial charge in [0, 0.05) is 53.6 Å². The van der Waals surface area contributed by atoms with Crippen molar-refractivity contribution < 1.29 is 0 Å². The molecule has 322 valence electrons. The Kier molecular flexibility index (Phi) is 9.11. The standard InChI is InChI=1S/C66H42N2S/c1-3-13-54-45(11-1)21-22-48-23-24-49(41-61(48)54)43-25-33-51(34-26-43)67(52-35-27-44(28-36-52)50-32-39-59-60-40-31-46-12-2-4-15-56(46)66(60)69-65(59)42-50)53-37-29-47(30-38-53)55-14-5-8-18-62(55)68-63-19-9-6-16-57(63)58-17-7-10-20-64(58)68/h1-42H. The highest BCUT2D eigenvalue weighted by atomic mass is 32.1. The highest BCUT2D eigenvalue weighted by Crippen LogP contribution is 2.43. The number of hydrogen-bond donors (Lipinski definition) is 0. The van der Waals surface area contributed by atoms with E-state index in [1.807, 2.05) is 11.3 Å². The van der Waals surface area contributed by atoms with Crippen molar-refractivity contribution in [2.75, 3.05) is 4.90 Å². The minimum Gasteiger partial charge on any atom is -0.311 e. The van der Waals surface area contributed by atoms with Crippen molar-refractivity contribution in [3.05, 3.63) is 255 Å². The third-order valence-corrected chi connectivity index (χ3v) is 15.4. The molecule has 0 aliphatic heterocycles. The third-order valence-electron chi connectivity index (χ3n) is 14.2. The lowest BCUT2D eigenvalue weighted by atomic mass is 9.97. The molecular formula is C66H42N2S. The number of rotatable bonds is 7. The highest BCUT2D eigenvalue weighted by Gasteiger charge is 2.18. The second kappa shape index (κ2) is 16.0. The molecular weight excluding hydrogens is 853 g/mol. The third kappa shape index (κ3) is 6.54. The minimum atomic E-state index is 1.09. The van der Waals surface area contributed by atoms with Gasteiger partial charge in [-0.05, 0) is 127 Å². The summed E-state index contributed by atoms with van der Waals surface area (Å²) in [6.07, 6.45) is 0. The summed E-state index contributed by atoms with van der Waals surface area (Å²) in [5.74, 6) is 0. The molecule has 0 fully saturated rings. The first-order valence-electron chi connectivity index (χ1n) is 23.6. The molecule has 0 unspecified atom stereocenters. The summed E-state index contributed by atoms with van der Waals surface area (Å²) in [5.41, 5.74) is 14.0. The fraction of sp³-hybridized carbons (Fsp3) is 0. The van der Waals surface area contributed by atoms with E-state index in [1.165, 1.54) is 102 Å². The van der Waals surface area contributed by atoms with Crippen LogP contribution in [0, 0.1) is 0 Å². The summed E-state index contributed by atoms with van der Waals surface area (Å²) in [5, 5.41) is 12.8. The maximum Gasteiger partial charge on any atom is 0.0541 e. The number of benzene rings is 12. The summed E-state index contributed by atoms with van der Waals surface area (Å²) in [4.78, 5) is 2.38. The van der Waals surface area contributed by atoms with Gasteiger partial charge in [-0.15, -0.1) is 11.3 Å². The van der Waals surface area contributed by atoms with Crippen molar-refractivity contribution >= 4 is 103 Å². The van der Waals surface area contributed by atoms with E-state index in [-0.39, 0.29) is 0 Å². The molecule has 0 aliphatic carbocycles. The second-order valence-electron chi connectivity index (χ2n) is 18.1. The lowest BCUT2D eigenvalue weighted by Crippen LogP contribution is -2.09.